The third kappa shape index (κ3) is 2.85. The first kappa shape index (κ1) is 15.2. The van der Waals surface area contributed by atoms with Crippen LogP contribution in [0.1, 0.15) is 47.8 Å². The number of aryl methyl sites for hydroxylation is 1. The maximum Gasteiger partial charge on any atom is 0.248 e. The van der Waals surface area contributed by atoms with Crippen molar-refractivity contribution in [2.24, 2.45) is 5.73 Å². The first-order valence-electron chi connectivity index (χ1n) is 5.59. The Morgan fingerprint density at radius 2 is 1.62 bits per heavy atom. The van der Waals surface area contributed by atoms with Gasteiger partial charge in [-0.15, -0.1) is 17.0 Å². The largest absolute Gasteiger partial charge is 0.366 e. The molecule has 0 saturated heterocycles. The summed E-state index contributed by atoms with van der Waals surface area (Å²) in [7, 11) is 0. The fraction of sp³-hybridized carbons (Fsp3) is 0.462. The van der Waals surface area contributed by atoms with Crippen molar-refractivity contribution < 1.29 is 4.79 Å². The van der Waals surface area contributed by atoms with Gasteiger partial charge in [-0.05, 0) is 42.0 Å². The Balaban J connectivity index is 0.00000225. The van der Waals surface area contributed by atoms with Gasteiger partial charge in [-0.25, -0.2) is 0 Å². The van der Waals surface area contributed by atoms with Crippen LogP contribution in [0.5, 0.6) is 0 Å². The van der Waals surface area contributed by atoms with Crippen LogP contribution in [-0.4, -0.2) is 5.91 Å². The van der Waals surface area contributed by atoms with Crippen LogP contribution in [0, 0.1) is 0 Å². The van der Waals surface area contributed by atoms with Crippen LogP contribution in [0.3, 0.4) is 0 Å². The number of amides is 1. The number of nitrogens with two attached hydrogens (primary N) is 1. The standard InChI is InChI=1S/C13H19NO.BrH/c1-4-9-7-8-12(13(14)15)11(6-3)10(9)5-2;/h7-8H,4-6H2,1-3H3,(H2,14,15);1H. The minimum absolute atomic E-state index is 0. The molecule has 3 heteroatoms. The average molecular weight is 286 g/mol. The fourth-order valence-corrected chi connectivity index (χ4v) is 2.15. The molecule has 0 fully saturated rings. The highest BCUT2D eigenvalue weighted by atomic mass is 79.9. The first-order valence-corrected chi connectivity index (χ1v) is 5.59. The summed E-state index contributed by atoms with van der Waals surface area (Å²) >= 11 is 0. The average Bonchev–Trinajstić information content (AvgIpc) is 2.26. The molecule has 90 valence electrons. The Labute approximate surface area is 108 Å². The van der Waals surface area contributed by atoms with Crippen molar-refractivity contribution in [3.8, 4) is 0 Å². The number of rotatable bonds is 4. The Kier molecular flexibility index (Phi) is 6.34. The van der Waals surface area contributed by atoms with Gasteiger partial charge >= 0.3 is 0 Å². The Bertz CT molecular complexity index is 374. The van der Waals surface area contributed by atoms with E-state index in [-0.39, 0.29) is 22.9 Å². The molecule has 0 spiro atoms. The van der Waals surface area contributed by atoms with Crippen molar-refractivity contribution in [3.05, 3.63) is 34.4 Å². The summed E-state index contributed by atoms with van der Waals surface area (Å²) in [6, 6.07) is 3.89. The number of carbonyl (C=O) groups excluding carboxylic acids is 1. The number of halogens is 1. The highest BCUT2D eigenvalue weighted by Crippen LogP contribution is 2.21. The Hall–Kier alpha value is -0.830. The monoisotopic (exact) mass is 285 g/mol. The molecular formula is C13H20BrNO. The number of hydrogen-bond donors (Lipinski definition) is 1. The zero-order chi connectivity index (χ0) is 11.4. The normalized spacial score (nSPS) is 9.69. The van der Waals surface area contributed by atoms with E-state index in [1.807, 2.05) is 12.1 Å². The van der Waals surface area contributed by atoms with Crippen molar-refractivity contribution >= 4 is 22.9 Å². The van der Waals surface area contributed by atoms with Crippen molar-refractivity contribution in [1.82, 2.24) is 0 Å². The van der Waals surface area contributed by atoms with Crippen molar-refractivity contribution in [2.75, 3.05) is 0 Å². The van der Waals surface area contributed by atoms with Crippen LogP contribution in [0.25, 0.3) is 0 Å². The molecule has 1 rings (SSSR count). The third-order valence-corrected chi connectivity index (χ3v) is 2.88. The maximum atomic E-state index is 11.3. The molecular weight excluding hydrogens is 266 g/mol. The van der Waals surface area contributed by atoms with Gasteiger partial charge in [0.2, 0.25) is 5.91 Å². The van der Waals surface area contributed by atoms with Gasteiger partial charge in [0.05, 0.1) is 0 Å². The summed E-state index contributed by atoms with van der Waals surface area (Å²) in [5.74, 6) is -0.316. The predicted octanol–water partition coefficient (Wildman–Crippen LogP) is 3.05. The second-order valence-corrected chi connectivity index (χ2v) is 3.65. The topological polar surface area (TPSA) is 43.1 Å². The van der Waals surface area contributed by atoms with E-state index in [0.717, 1.165) is 24.8 Å². The van der Waals surface area contributed by atoms with Crippen molar-refractivity contribution in [2.45, 2.75) is 40.0 Å². The van der Waals surface area contributed by atoms with Crippen LogP contribution in [0.15, 0.2) is 12.1 Å². The molecule has 0 aliphatic rings. The molecule has 0 aliphatic carbocycles. The molecule has 1 aromatic carbocycles. The fourth-order valence-electron chi connectivity index (χ4n) is 2.15. The van der Waals surface area contributed by atoms with Gasteiger partial charge in [-0.3, -0.25) is 4.79 Å². The Morgan fingerprint density at radius 1 is 1.06 bits per heavy atom. The van der Waals surface area contributed by atoms with E-state index in [4.69, 9.17) is 5.73 Å². The molecule has 0 radical (unpaired) electrons. The number of benzene rings is 1. The molecule has 1 amide bonds. The van der Waals surface area contributed by atoms with Crippen molar-refractivity contribution in [1.29, 1.82) is 0 Å². The lowest BCUT2D eigenvalue weighted by Crippen LogP contribution is -2.15. The molecule has 0 atom stereocenters. The highest BCUT2D eigenvalue weighted by molar-refractivity contribution is 8.93. The van der Waals surface area contributed by atoms with Gasteiger partial charge in [-0.1, -0.05) is 26.8 Å². The highest BCUT2D eigenvalue weighted by Gasteiger charge is 2.12. The van der Waals surface area contributed by atoms with Gasteiger partial charge in [0, 0.05) is 5.56 Å². The summed E-state index contributed by atoms with van der Waals surface area (Å²) in [5, 5.41) is 0. The Morgan fingerprint density at radius 3 is 2.00 bits per heavy atom. The number of hydrogen-bond acceptors (Lipinski definition) is 1. The minimum Gasteiger partial charge on any atom is -0.366 e. The van der Waals surface area contributed by atoms with Gasteiger partial charge < -0.3 is 5.73 Å². The van der Waals surface area contributed by atoms with E-state index in [2.05, 4.69) is 20.8 Å². The van der Waals surface area contributed by atoms with Gasteiger partial charge in [0.1, 0.15) is 0 Å². The quantitative estimate of drug-likeness (QED) is 0.908. The lowest BCUT2D eigenvalue weighted by atomic mass is 9.91. The summed E-state index contributed by atoms with van der Waals surface area (Å²) in [4.78, 5) is 11.3. The van der Waals surface area contributed by atoms with Crippen LogP contribution in [0.4, 0.5) is 0 Å². The van der Waals surface area contributed by atoms with Crippen LogP contribution < -0.4 is 5.73 Å². The molecule has 2 N–H and O–H groups in total. The summed E-state index contributed by atoms with van der Waals surface area (Å²) in [5.41, 5.74) is 9.82. The third-order valence-electron chi connectivity index (χ3n) is 2.88. The molecule has 0 saturated carbocycles. The van der Waals surface area contributed by atoms with Gasteiger partial charge in [0.15, 0.2) is 0 Å². The molecule has 0 bridgehead atoms. The zero-order valence-corrected chi connectivity index (χ0v) is 11.9. The summed E-state index contributed by atoms with van der Waals surface area (Å²) in [6.07, 6.45) is 2.85. The molecule has 0 aromatic heterocycles. The molecule has 16 heavy (non-hydrogen) atoms. The van der Waals surface area contributed by atoms with E-state index in [0.29, 0.717) is 5.56 Å². The number of carbonyl (C=O) groups is 1. The first-order chi connectivity index (χ1) is 7.15. The lowest BCUT2D eigenvalue weighted by Gasteiger charge is -2.14. The number of primary amides is 1. The van der Waals surface area contributed by atoms with E-state index >= 15 is 0 Å². The molecule has 0 aliphatic heterocycles. The molecule has 0 unspecified atom stereocenters. The van der Waals surface area contributed by atoms with Crippen LogP contribution >= 0.6 is 17.0 Å². The van der Waals surface area contributed by atoms with Crippen LogP contribution in [-0.2, 0) is 19.3 Å². The van der Waals surface area contributed by atoms with Gasteiger partial charge in [-0.2, -0.15) is 0 Å². The smallest absolute Gasteiger partial charge is 0.248 e. The van der Waals surface area contributed by atoms with E-state index in [1.165, 1.54) is 11.1 Å². The zero-order valence-electron chi connectivity index (χ0n) is 10.2. The van der Waals surface area contributed by atoms with Crippen molar-refractivity contribution in [3.63, 3.8) is 0 Å². The van der Waals surface area contributed by atoms with E-state index < -0.39 is 0 Å². The maximum absolute atomic E-state index is 11.3. The minimum atomic E-state index is -0.316. The van der Waals surface area contributed by atoms with E-state index in [1.54, 1.807) is 0 Å². The van der Waals surface area contributed by atoms with E-state index in [9.17, 15) is 4.79 Å². The molecule has 1 aromatic rings. The second-order valence-electron chi connectivity index (χ2n) is 3.65. The SMILES string of the molecule is Br.CCc1ccc(C(N)=O)c(CC)c1CC. The predicted molar refractivity (Wildman–Crippen MR) is 73.4 cm³/mol. The molecule has 2 nitrogen and oxygen atoms in total. The van der Waals surface area contributed by atoms with Gasteiger partial charge in [0.25, 0.3) is 0 Å². The summed E-state index contributed by atoms with van der Waals surface area (Å²) < 4.78 is 0. The van der Waals surface area contributed by atoms with Crippen LogP contribution in [0.2, 0.25) is 0 Å². The molecule has 0 heterocycles. The lowest BCUT2D eigenvalue weighted by molar-refractivity contribution is 0.0999. The summed E-state index contributed by atoms with van der Waals surface area (Å²) in [6.45, 7) is 6.33. The second kappa shape index (κ2) is 6.69.